The van der Waals surface area contributed by atoms with Gasteiger partial charge in [0.2, 0.25) is 17.7 Å². The predicted octanol–water partition coefficient (Wildman–Crippen LogP) is 3.50. The van der Waals surface area contributed by atoms with E-state index in [4.69, 9.17) is 10.5 Å². The smallest absolute Gasteiger partial charge is 0.251 e. The minimum atomic E-state index is -0.162. The van der Waals surface area contributed by atoms with Crippen molar-refractivity contribution in [2.24, 2.45) is 5.92 Å². The molecule has 10 heteroatoms. The first-order chi connectivity index (χ1) is 17.9. The molecule has 0 saturated heterocycles. The third kappa shape index (κ3) is 7.26. The molecule has 0 aliphatic heterocycles. The molecule has 2 aromatic carbocycles. The molecule has 0 unspecified atom stereocenters. The van der Waals surface area contributed by atoms with Gasteiger partial charge in [0.25, 0.3) is 5.91 Å². The molecule has 0 saturated carbocycles. The zero-order chi connectivity index (χ0) is 26.2. The Morgan fingerprint density at radius 3 is 2.30 bits per heavy atom. The van der Waals surface area contributed by atoms with Crippen LogP contribution in [0, 0.1) is 5.92 Å². The van der Waals surface area contributed by atoms with Crippen LogP contribution in [-0.4, -0.2) is 31.8 Å². The number of carbonyl (C=O) groups excluding carboxylic acids is 2. The number of ether oxygens (including phenoxy) is 1. The lowest BCUT2D eigenvalue weighted by molar-refractivity contribution is -0.121. The molecule has 4 rings (SSSR count). The van der Waals surface area contributed by atoms with E-state index in [0.717, 1.165) is 23.1 Å². The van der Waals surface area contributed by atoms with Crippen LogP contribution >= 0.6 is 0 Å². The van der Waals surface area contributed by atoms with E-state index in [9.17, 15) is 9.59 Å². The van der Waals surface area contributed by atoms with Gasteiger partial charge in [0.15, 0.2) is 5.65 Å². The summed E-state index contributed by atoms with van der Waals surface area (Å²) >= 11 is 0. The van der Waals surface area contributed by atoms with E-state index in [1.165, 1.54) is 6.33 Å². The molecule has 5 N–H and O–H groups in total. The number of nitrogens with zero attached hydrogens (tertiary/aromatic N) is 3. The number of fused-ring (bicyclic) bond motifs is 1. The maximum absolute atomic E-state index is 12.6. The minimum absolute atomic E-state index is 0.0435. The molecule has 0 fully saturated rings. The van der Waals surface area contributed by atoms with Gasteiger partial charge in [-0.15, -0.1) is 0 Å². The summed E-state index contributed by atoms with van der Waals surface area (Å²) in [5.41, 5.74) is 10.2. The molecule has 0 aliphatic carbocycles. The number of aromatic amines is 1. The molecule has 4 aromatic rings. The number of nitrogens with one attached hydrogen (secondary N) is 3. The highest BCUT2D eigenvalue weighted by molar-refractivity contribution is 5.94. The molecule has 2 amide bonds. The van der Waals surface area contributed by atoms with Gasteiger partial charge in [0.05, 0.1) is 6.33 Å². The second kappa shape index (κ2) is 12.0. The lowest BCUT2D eigenvalue weighted by Crippen LogP contribution is -2.24. The molecule has 0 atom stereocenters. The van der Waals surface area contributed by atoms with Crippen molar-refractivity contribution in [1.29, 1.82) is 0 Å². The van der Waals surface area contributed by atoms with Crippen molar-refractivity contribution in [3.63, 3.8) is 0 Å². The van der Waals surface area contributed by atoms with E-state index in [0.29, 0.717) is 54.6 Å². The van der Waals surface area contributed by atoms with Crippen LogP contribution in [0.5, 0.6) is 5.88 Å². The first-order valence-corrected chi connectivity index (χ1v) is 12.2. The van der Waals surface area contributed by atoms with Gasteiger partial charge in [-0.1, -0.05) is 50.2 Å². The summed E-state index contributed by atoms with van der Waals surface area (Å²) in [7, 11) is 0. The monoisotopic (exact) mass is 501 g/mol. The molecule has 0 bridgehead atoms. The number of H-pyrrole nitrogens is 1. The fraction of sp³-hybridized carbons (Fsp3) is 0.296. The van der Waals surface area contributed by atoms with E-state index >= 15 is 0 Å². The average Bonchev–Trinajstić information content (AvgIpc) is 3.37. The van der Waals surface area contributed by atoms with Crippen molar-refractivity contribution in [1.82, 2.24) is 30.6 Å². The van der Waals surface area contributed by atoms with Crippen molar-refractivity contribution < 1.29 is 14.3 Å². The molecule has 2 heterocycles. The number of aromatic nitrogens is 4. The van der Waals surface area contributed by atoms with Crippen LogP contribution in [0.2, 0.25) is 0 Å². The Labute approximate surface area is 215 Å². The van der Waals surface area contributed by atoms with Gasteiger partial charge in [0.1, 0.15) is 12.1 Å². The molecule has 0 spiro atoms. The van der Waals surface area contributed by atoms with Gasteiger partial charge in [-0.25, -0.2) is 4.98 Å². The maximum atomic E-state index is 12.6. The van der Waals surface area contributed by atoms with E-state index in [1.54, 1.807) is 12.1 Å². The average molecular weight is 502 g/mol. The van der Waals surface area contributed by atoms with Crippen molar-refractivity contribution in [3.8, 4) is 5.88 Å². The Morgan fingerprint density at radius 2 is 1.59 bits per heavy atom. The lowest BCUT2D eigenvalue weighted by Gasteiger charge is -2.09. The second-order valence-corrected chi connectivity index (χ2v) is 9.18. The zero-order valence-electron chi connectivity index (χ0n) is 21.0. The zero-order valence-corrected chi connectivity index (χ0v) is 21.0. The highest BCUT2D eigenvalue weighted by Crippen LogP contribution is 2.21. The Bertz CT molecular complexity index is 1350. The standard InChI is InChI=1S/C27H31N7O3/c1-17(2)3-12-22(35)29-13-19-8-10-21(11-9-19)25(36)30-14-18-4-6-20(7-5-18)15-37-26-23-24(32-16-31-23)33-27(28)34-26/h4-11,16-17H,3,12-15H2,1-2H3,(H,29,35)(H,30,36)(H3,28,31,32,33,34). The number of nitrogen functional groups attached to an aromatic ring is 1. The van der Waals surface area contributed by atoms with Gasteiger partial charge >= 0.3 is 0 Å². The Balaban J connectivity index is 1.23. The van der Waals surface area contributed by atoms with E-state index in [2.05, 4.69) is 44.4 Å². The largest absolute Gasteiger partial charge is 0.471 e. The topological polar surface area (TPSA) is 148 Å². The first kappa shape index (κ1) is 25.6. The van der Waals surface area contributed by atoms with Crippen LogP contribution in [0.1, 0.15) is 53.7 Å². The summed E-state index contributed by atoms with van der Waals surface area (Å²) in [6.45, 7) is 5.33. The molecule has 0 aliphatic rings. The Hall–Kier alpha value is -4.47. The lowest BCUT2D eigenvalue weighted by atomic mass is 10.1. The summed E-state index contributed by atoms with van der Waals surface area (Å²) in [5, 5.41) is 5.85. The fourth-order valence-electron chi connectivity index (χ4n) is 3.60. The van der Waals surface area contributed by atoms with E-state index in [1.807, 2.05) is 36.4 Å². The van der Waals surface area contributed by atoms with Gasteiger partial charge < -0.3 is 26.1 Å². The van der Waals surface area contributed by atoms with Crippen LogP contribution in [0.15, 0.2) is 54.9 Å². The number of hydrogen-bond acceptors (Lipinski definition) is 7. The van der Waals surface area contributed by atoms with Crippen molar-refractivity contribution in [3.05, 3.63) is 77.1 Å². The van der Waals surface area contributed by atoms with Gasteiger partial charge in [-0.3, -0.25) is 9.59 Å². The third-order valence-corrected chi connectivity index (χ3v) is 5.78. The second-order valence-electron chi connectivity index (χ2n) is 9.18. The number of nitrogens with two attached hydrogens (primary N) is 1. The summed E-state index contributed by atoms with van der Waals surface area (Å²) in [6.07, 6.45) is 2.91. The van der Waals surface area contributed by atoms with Crippen LogP contribution in [0.3, 0.4) is 0 Å². The van der Waals surface area contributed by atoms with Crippen LogP contribution in [-0.2, 0) is 24.5 Å². The summed E-state index contributed by atoms with van der Waals surface area (Å²) in [6, 6.07) is 15.0. The highest BCUT2D eigenvalue weighted by Gasteiger charge is 2.10. The van der Waals surface area contributed by atoms with Crippen LogP contribution < -0.4 is 21.1 Å². The first-order valence-electron chi connectivity index (χ1n) is 12.2. The van der Waals surface area contributed by atoms with Crippen molar-refractivity contribution in [2.75, 3.05) is 5.73 Å². The Morgan fingerprint density at radius 1 is 0.946 bits per heavy atom. The van der Waals surface area contributed by atoms with Crippen LogP contribution in [0.25, 0.3) is 11.2 Å². The van der Waals surface area contributed by atoms with E-state index in [-0.39, 0.29) is 17.8 Å². The number of benzene rings is 2. The SMILES string of the molecule is CC(C)CCC(=O)NCc1ccc(C(=O)NCc2ccc(COc3nc(N)nc4nc[nH]c34)cc2)cc1. The fourth-order valence-corrected chi connectivity index (χ4v) is 3.60. The van der Waals surface area contributed by atoms with Gasteiger partial charge in [0, 0.05) is 25.1 Å². The molecular weight excluding hydrogens is 470 g/mol. The van der Waals surface area contributed by atoms with Crippen molar-refractivity contribution >= 4 is 28.9 Å². The van der Waals surface area contributed by atoms with Gasteiger partial charge in [-0.05, 0) is 41.2 Å². The minimum Gasteiger partial charge on any atom is -0.471 e. The Kier molecular flexibility index (Phi) is 8.29. The normalized spacial score (nSPS) is 11.0. The molecule has 37 heavy (non-hydrogen) atoms. The summed E-state index contributed by atoms with van der Waals surface area (Å²) in [4.78, 5) is 39.6. The van der Waals surface area contributed by atoms with Crippen LogP contribution in [0.4, 0.5) is 5.95 Å². The third-order valence-electron chi connectivity index (χ3n) is 5.78. The molecule has 0 radical (unpaired) electrons. The number of imidazole rings is 1. The summed E-state index contributed by atoms with van der Waals surface area (Å²) < 4.78 is 5.81. The molecule has 10 nitrogen and oxygen atoms in total. The molecule has 192 valence electrons. The number of hydrogen-bond donors (Lipinski definition) is 4. The molecular formula is C27H31N7O3. The number of rotatable bonds is 11. The summed E-state index contributed by atoms with van der Waals surface area (Å²) in [5.74, 6) is 0.821. The van der Waals surface area contributed by atoms with Crippen molar-refractivity contribution in [2.45, 2.75) is 46.4 Å². The highest BCUT2D eigenvalue weighted by atomic mass is 16.5. The predicted molar refractivity (Wildman–Crippen MR) is 140 cm³/mol. The number of amides is 2. The number of carbonyl (C=O) groups is 2. The van der Waals surface area contributed by atoms with E-state index < -0.39 is 0 Å². The quantitative estimate of drug-likeness (QED) is 0.246. The maximum Gasteiger partial charge on any atom is 0.251 e. The van der Waals surface area contributed by atoms with Gasteiger partial charge in [-0.2, -0.15) is 9.97 Å². The number of anilines is 1. The molecule has 2 aromatic heterocycles.